The second-order valence-electron chi connectivity index (χ2n) is 3.64. The summed E-state index contributed by atoms with van der Waals surface area (Å²) in [5.74, 6) is -0.769. The van der Waals surface area contributed by atoms with Gasteiger partial charge in [0.15, 0.2) is 5.78 Å². The van der Waals surface area contributed by atoms with Crippen LogP contribution in [-0.4, -0.2) is 5.78 Å². The highest BCUT2D eigenvalue weighted by atomic mass is 79.9. The number of hydrogen-bond acceptors (Lipinski definition) is 1. The first-order chi connectivity index (χ1) is 8.22. The summed E-state index contributed by atoms with van der Waals surface area (Å²) in [4.78, 5) is 12.1. The molecule has 0 aliphatic rings. The Balaban J connectivity index is 2.44. The van der Waals surface area contributed by atoms with E-state index in [2.05, 4.69) is 15.9 Å². The molecule has 0 bridgehead atoms. The molecule has 0 heterocycles. The first kappa shape index (κ1) is 12.0. The first-order valence-corrected chi connectivity index (χ1v) is 6.28. The third kappa shape index (κ3) is 2.61. The zero-order valence-corrected chi connectivity index (χ0v) is 10.6. The second kappa shape index (κ2) is 5.23. The Morgan fingerprint density at radius 2 is 1.82 bits per heavy atom. The van der Waals surface area contributed by atoms with Crippen LogP contribution in [0.4, 0.5) is 4.39 Å². The molecule has 0 amide bonds. The number of ketones is 1. The van der Waals surface area contributed by atoms with Crippen molar-refractivity contribution in [1.82, 2.24) is 0 Å². The second-order valence-corrected chi connectivity index (χ2v) is 4.20. The van der Waals surface area contributed by atoms with E-state index in [9.17, 15) is 9.18 Å². The molecule has 0 unspecified atom stereocenters. The van der Waals surface area contributed by atoms with Gasteiger partial charge in [0, 0.05) is 10.9 Å². The van der Waals surface area contributed by atoms with Gasteiger partial charge in [-0.25, -0.2) is 4.39 Å². The van der Waals surface area contributed by atoms with E-state index < -0.39 is 5.82 Å². The molecule has 2 aromatic rings. The molecule has 0 aromatic heterocycles. The van der Waals surface area contributed by atoms with Crippen LogP contribution in [0.1, 0.15) is 21.5 Å². The van der Waals surface area contributed by atoms with Gasteiger partial charge in [0.2, 0.25) is 0 Å². The van der Waals surface area contributed by atoms with Gasteiger partial charge in [-0.05, 0) is 17.7 Å². The van der Waals surface area contributed by atoms with Crippen molar-refractivity contribution in [3.8, 4) is 0 Å². The Labute approximate surface area is 107 Å². The topological polar surface area (TPSA) is 17.1 Å². The molecule has 0 saturated carbocycles. The average molecular weight is 293 g/mol. The van der Waals surface area contributed by atoms with Crippen molar-refractivity contribution in [2.24, 2.45) is 0 Å². The first-order valence-electron chi connectivity index (χ1n) is 5.16. The van der Waals surface area contributed by atoms with E-state index in [0.29, 0.717) is 10.9 Å². The summed E-state index contributed by atoms with van der Waals surface area (Å²) >= 11 is 3.29. The van der Waals surface area contributed by atoms with Gasteiger partial charge in [-0.3, -0.25) is 4.79 Å². The fourth-order valence-corrected chi connectivity index (χ4v) is 1.92. The van der Waals surface area contributed by atoms with Crippen LogP contribution in [0.5, 0.6) is 0 Å². The third-order valence-electron chi connectivity index (χ3n) is 2.47. The molecule has 2 rings (SSSR count). The van der Waals surface area contributed by atoms with Gasteiger partial charge < -0.3 is 0 Å². The number of carbonyl (C=O) groups excluding carboxylic acids is 1. The summed E-state index contributed by atoms with van der Waals surface area (Å²) in [6.45, 7) is 0. The quantitative estimate of drug-likeness (QED) is 0.618. The van der Waals surface area contributed by atoms with Crippen LogP contribution in [0.3, 0.4) is 0 Å². The highest BCUT2D eigenvalue weighted by Gasteiger charge is 2.13. The van der Waals surface area contributed by atoms with E-state index in [1.54, 1.807) is 36.4 Å². The van der Waals surface area contributed by atoms with Crippen LogP contribution in [0.25, 0.3) is 0 Å². The molecule has 3 heteroatoms. The summed E-state index contributed by atoms with van der Waals surface area (Å²) in [6.07, 6.45) is 0. The molecule has 0 radical (unpaired) electrons. The van der Waals surface area contributed by atoms with E-state index in [1.165, 1.54) is 6.07 Å². The Hall–Kier alpha value is -1.48. The maximum absolute atomic E-state index is 13.6. The van der Waals surface area contributed by atoms with Crippen LogP contribution < -0.4 is 0 Å². The molecular formula is C14H10BrFO. The van der Waals surface area contributed by atoms with Crippen LogP contribution in [-0.2, 0) is 5.33 Å². The zero-order valence-electron chi connectivity index (χ0n) is 8.99. The Bertz CT molecular complexity index is 537. The predicted octanol–water partition coefficient (Wildman–Crippen LogP) is 3.95. The largest absolute Gasteiger partial charge is 0.288 e. The van der Waals surface area contributed by atoms with Gasteiger partial charge in [-0.2, -0.15) is 0 Å². The molecule has 17 heavy (non-hydrogen) atoms. The highest BCUT2D eigenvalue weighted by Crippen LogP contribution is 2.17. The zero-order chi connectivity index (χ0) is 12.3. The maximum atomic E-state index is 13.6. The van der Waals surface area contributed by atoms with Gasteiger partial charge in [-0.1, -0.05) is 52.3 Å². The molecule has 0 aliphatic carbocycles. The number of benzene rings is 2. The summed E-state index contributed by atoms with van der Waals surface area (Å²) in [5.41, 5.74) is 1.50. The van der Waals surface area contributed by atoms with Gasteiger partial charge in [0.05, 0.1) is 5.56 Å². The summed E-state index contributed by atoms with van der Waals surface area (Å²) in [7, 11) is 0. The lowest BCUT2D eigenvalue weighted by Gasteiger charge is -2.04. The number of halogens is 2. The molecule has 2 aromatic carbocycles. The van der Waals surface area contributed by atoms with Crippen molar-refractivity contribution in [2.75, 3.05) is 0 Å². The smallest absolute Gasteiger partial charge is 0.195 e. The average Bonchev–Trinajstić information content (AvgIpc) is 2.39. The minimum atomic E-state index is -0.483. The number of hydrogen-bond donors (Lipinski definition) is 0. The fraction of sp³-hybridized carbons (Fsp3) is 0.0714. The number of alkyl halides is 1. The van der Waals surface area contributed by atoms with Crippen molar-refractivity contribution in [2.45, 2.75) is 5.33 Å². The molecule has 0 spiro atoms. The van der Waals surface area contributed by atoms with Gasteiger partial charge in [0.25, 0.3) is 0 Å². The minimum Gasteiger partial charge on any atom is -0.288 e. The van der Waals surface area contributed by atoms with E-state index in [0.717, 1.165) is 5.56 Å². The maximum Gasteiger partial charge on any atom is 0.195 e. The van der Waals surface area contributed by atoms with Gasteiger partial charge in [-0.15, -0.1) is 0 Å². The van der Waals surface area contributed by atoms with Crippen LogP contribution in [0, 0.1) is 5.82 Å². The van der Waals surface area contributed by atoms with Crippen LogP contribution in [0.2, 0.25) is 0 Å². The molecule has 0 fully saturated rings. The molecular weight excluding hydrogens is 283 g/mol. The normalized spacial score (nSPS) is 10.2. The predicted molar refractivity (Wildman–Crippen MR) is 68.9 cm³/mol. The lowest BCUT2D eigenvalue weighted by Crippen LogP contribution is -2.04. The summed E-state index contributed by atoms with van der Waals surface area (Å²) in [6, 6.07) is 13.3. The number of carbonyl (C=O) groups is 1. The standard InChI is InChI=1S/C14H10BrFO/c15-9-10-6-7-13(16)12(8-10)14(17)11-4-2-1-3-5-11/h1-8H,9H2. The van der Waals surface area contributed by atoms with Crippen molar-refractivity contribution in [3.05, 3.63) is 71.0 Å². The van der Waals surface area contributed by atoms with Gasteiger partial charge in [0.1, 0.15) is 5.82 Å². The van der Waals surface area contributed by atoms with Crippen LogP contribution in [0.15, 0.2) is 48.5 Å². The molecule has 1 nitrogen and oxygen atoms in total. The van der Waals surface area contributed by atoms with E-state index in [4.69, 9.17) is 0 Å². The minimum absolute atomic E-state index is 0.119. The van der Waals surface area contributed by atoms with E-state index in [1.807, 2.05) is 6.07 Å². The van der Waals surface area contributed by atoms with Crippen LogP contribution >= 0.6 is 15.9 Å². The molecule has 0 N–H and O–H groups in total. The van der Waals surface area contributed by atoms with Crippen molar-refractivity contribution in [3.63, 3.8) is 0 Å². The molecule has 86 valence electrons. The summed E-state index contributed by atoms with van der Waals surface area (Å²) < 4.78 is 13.6. The lowest BCUT2D eigenvalue weighted by atomic mass is 10.0. The summed E-state index contributed by atoms with van der Waals surface area (Å²) in [5, 5.41) is 0.600. The van der Waals surface area contributed by atoms with E-state index >= 15 is 0 Å². The molecule has 0 aliphatic heterocycles. The van der Waals surface area contributed by atoms with Crippen molar-refractivity contribution >= 4 is 21.7 Å². The molecule has 0 saturated heterocycles. The number of rotatable bonds is 3. The highest BCUT2D eigenvalue weighted by molar-refractivity contribution is 9.08. The Morgan fingerprint density at radius 1 is 1.12 bits per heavy atom. The lowest BCUT2D eigenvalue weighted by molar-refractivity contribution is 0.103. The molecule has 0 atom stereocenters. The Morgan fingerprint density at radius 3 is 2.47 bits per heavy atom. The van der Waals surface area contributed by atoms with Crippen molar-refractivity contribution < 1.29 is 9.18 Å². The van der Waals surface area contributed by atoms with Gasteiger partial charge >= 0.3 is 0 Å². The van der Waals surface area contributed by atoms with E-state index in [-0.39, 0.29) is 11.3 Å². The van der Waals surface area contributed by atoms with Crippen molar-refractivity contribution in [1.29, 1.82) is 0 Å². The Kier molecular flexibility index (Phi) is 3.69. The SMILES string of the molecule is O=C(c1ccccc1)c1cc(CBr)ccc1F. The third-order valence-corrected chi connectivity index (χ3v) is 3.11. The fourth-order valence-electron chi connectivity index (χ4n) is 1.57. The monoisotopic (exact) mass is 292 g/mol.